The van der Waals surface area contributed by atoms with E-state index in [1.807, 2.05) is 19.2 Å². The van der Waals surface area contributed by atoms with Crippen LogP contribution in [0.2, 0.25) is 0 Å². The molecule has 0 saturated heterocycles. The first kappa shape index (κ1) is 12.8. The molecule has 2 nitrogen and oxygen atoms in total. The van der Waals surface area contributed by atoms with Crippen molar-refractivity contribution in [1.29, 1.82) is 0 Å². The Bertz CT molecular complexity index is 486. The van der Waals surface area contributed by atoms with Crippen molar-refractivity contribution in [3.8, 4) is 0 Å². The molecule has 94 valence electrons. The van der Waals surface area contributed by atoms with Crippen molar-refractivity contribution in [2.45, 2.75) is 32.7 Å². The zero-order chi connectivity index (χ0) is 13.0. The number of benzene rings is 1. The molecule has 0 bridgehead atoms. The lowest BCUT2D eigenvalue weighted by molar-refractivity contribution is 0.717. The number of nitrogens with two attached hydrogens (primary N) is 1. The molecule has 2 aromatic rings. The van der Waals surface area contributed by atoms with Crippen LogP contribution in [0.25, 0.3) is 0 Å². The smallest absolute Gasteiger partial charge is 0.0372 e. The summed E-state index contributed by atoms with van der Waals surface area (Å²) in [6.45, 7) is 4.15. The molecule has 1 unspecified atom stereocenters. The lowest BCUT2D eigenvalue weighted by atomic mass is 9.99. The number of aryl methyl sites for hydroxylation is 2. The normalized spacial score (nSPS) is 12.4. The lowest BCUT2D eigenvalue weighted by Gasteiger charge is -2.12. The van der Waals surface area contributed by atoms with E-state index in [4.69, 9.17) is 5.73 Å². The Kier molecular flexibility index (Phi) is 4.11. The van der Waals surface area contributed by atoms with Gasteiger partial charge in [0.1, 0.15) is 0 Å². The minimum absolute atomic E-state index is 0.0191. The van der Waals surface area contributed by atoms with Gasteiger partial charge in [-0.2, -0.15) is 0 Å². The number of hydrogen-bond acceptors (Lipinski definition) is 2. The number of rotatable bonds is 4. The van der Waals surface area contributed by atoms with E-state index < -0.39 is 0 Å². The molecule has 1 heterocycles. The van der Waals surface area contributed by atoms with E-state index in [9.17, 15) is 0 Å². The Hall–Kier alpha value is -1.67. The molecule has 0 aliphatic heterocycles. The molecule has 1 atom stereocenters. The molecule has 2 heteroatoms. The summed E-state index contributed by atoms with van der Waals surface area (Å²) in [5.41, 5.74) is 11.0. The van der Waals surface area contributed by atoms with Gasteiger partial charge in [-0.1, -0.05) is 37.3 Å². The molecular weight excluding hydrogens is 220 g/mol. The van der Waals surface area contributed by atoms with Crippen LogP contribution in [0.15, 0.2) is 42.6 Å². The summed E-state index contributed by atoms with van der Waals surface area (Å²) in [5, 5.41) is 0. The Morgan fingerprint density at radius 2 is 1.72 bits per heavy atom. The van der Waals surface area contributed by atoms with Gasteiger partial charge in [0.2, 0.25) is 0 Å². The summed E-state index contributed by atoms with van der Waals surface area (Å²) in [4.78, 5) is 4.29. The highest BCUT2D eigenvalue weighted by molar-refractivity contribution is 5.25. The molecule has 0 aliphatic rings. The second kappa shape index (κ2) is 5.78. The third kappa shape index (κ3) is 3.17. The monoisotopic (exact) mass is 240 g/mol. The predicted molar refractivity (Wildman–Crippen MR) is 75.4 cm³/mol. The Balaban J connectivity index is 2.05. The van der Waals surface area contributed by atoms with Crippen molar-refractivity contribution in [1.82, 2.24) is 4.98 Å². The van der Waals surface area contributed by atoms with Gasteiger partial charge in [-0.05, 0) is 42.5 Å². The summed E-state index contributed by atoms with van der Waals surface area (Å²) in [6, 6.07) is 12.8. The minimum Gasteiger partial charge on any atom is -0.324 e. The second-order valence-electron chi connectivity index (χ2n) is 4.71. The maximum Gasteiger partial charge on any atom is 0.0372 e. The highest BCUT2D eigenvalue weighted by Gasteiger charge is 2.07. The van der Waals surface area contributed by atoms with Crippen LogP contribution in [0.1, 0.15) is 35.3 Å². The summed E-state index contributed by atoms with van der Waals surface area (Å²) in [5.74, 6) is 0. The fourth-order valence-corrected chi connectivity index (χ4v) is 1.98. The predicted octanol–water partition coefficient (Wildman–Crippen LogP) is 3.19. The van der Waals surface area contributed by atoms with Gasteiger partial charge < -0.3 is 5.73 Å². The lowest BCUT2D eigenvalue weighted by Crippen LogP contribution is -2.13. The van der Waals surface area contributed by atoms with Crippen molar-refractivity contribution >= 4 is 0 Å². The maximum atomic E-state index is 6.21. The van der Waals surface area contributed by atoms with Gasteiger partial charge in [-0.3, -0.25) is 4.98 Å². The zero-order valence-corrected chi connectivity index (χ0v) is 11.1. The number of hydrogen-bond donors (Lipinski definition) is 1. The van der Waals surface area contributed by atoms with Crippen molar-refractivity contribution in [2.24, 2.45) is 5.73 Å². The number of pyridine rings is 1. The fraction of sp³-hybridized carbons (Fsp3) is 0.312. The summed E-state index contributed by atoms with van der Waals surface area (Å²) in [7, 11) is 0. The largest absolute Gasteiger partial charge is 0.324 e. The Labute approximate surface area is 109 Å². The molecule has 2 N–H and O–H groups in total. The second-order valence-corrected chi connectivity index (χ2v) is 4.71. The summed E-state index contributed by atoms with van der Waals surface area (Å²) >= 11 is 0. The highest BCUT2D eigenvalue weighted by atomic mass is 14.7. The third-order valence-corrected chi connectivity index (χ3v) is 3.25. The molecule has 0 fully saturated rings. The van der Waals surface area contributed by atoms with E-state index in [-0.39, 0.29) is 6.04 Å². The molecule has 0 saturated carbocycles. The van der Waals surface area contributed by atoms with Crippen LogP contribution in [0.3, 0.4) is 0 Å². The van der Waals surface area contributed by atoms with Gasteiger partial charge in [0.15, 0.2) is 0 Å². The van der Waals surface area contributed by atoms with E-state index in [2.05, 4.69) is 42.2 Å². The Morgan fingerprint density at radius 1 is 1.06 bits per heavy atom. The van der Waals surface area contributed by atoms with Crippen molar-refractivity contribution in [3.63, 3.8) is 0 Å². The molecule has 0 spiro atoms. The molecule has 1 aromatic heterocycles. The maximum absolute atomic E-state index is 6.21. The third-order valence-electron chi connectivity index (χ3n) is 3.25. The molecule has 0 radical (unpaired) electrons. The van der Waals surface area contributed by atoms with Gasteiger partial charge in [0, 0.05) is 17.9 Å². The van der Waals surface area contributed by atoms with Crippen molar-refractivity contribution < 1.29 is 0 Å². The van der Waals surface area contributed by atoms with E-state index in [0.29, 0.717) is 0 Å². The van der Waals surface area contributed by atoms with E-state index in [1.54, 1.807) is 0 Å². The van der Waals surface area contributed by atoms with Gasteiger partial charge in [0.25, 0.3) is 0 Å². The SMILES string of the molecule is CCc1ccc(CC(N)c2ccc(C)nc2)cc1. The van der Waals surface area contributed by atoms with Gasteiger partial charge >= 0.3 is 0 Å². The summed E-state index contributed by atoms with van der Waals surface area (Å²) < 4.78 is 0. The van der Waals surface area contributed by atoms with Crippen LogP contribution in [-0.2, 0) is 12.8 Å². The highest BCUT2D eigenvalue weighted by Crippen LogP contribution is 2.16. The summed E-state index contributed by atoms with van der Waals surface area (Å²) in [6.07, 6.45) is 3.81. The molecular formula is C16H20N2. The quantitative estimate of drug-likeness (QED) is 0.891. The molecule has 2 rings (SSSR count). The van der Waals surface area contributed by atoms with Crippen LogP contribution in [0.5, 0.6) is 0 Å². The van der Waals surface area contributed by atoms with E-state index in [1.165, 1.54) is 11.1 Å². The van der Waals surface area contributed by atoms with E-state index >= 15 is 0 Å². The first-order valence-corrected chi connectivity index (χ1v) is 6.45. The van der Waals surface area contributed by atoms with Crippen LogP contribution in [0, 0.1) is 6.92 Å². The zero-order valence-electron chi connectivity index (χ0n) is 11.1. The Morgan fingerprint density at radius 3 is 2.28 bits per heavy atom. The number of aromatic nitrogens is 1. The van der Waals surface area contributed by atoms with Crippen LogP contribution < -0.4 is 5.73 Å². The van der Waals surface area contributed by atoms with Gasteiger partial charge in [-0.15, -0.1) is 0 Å². The molecule has 0 amide bonds. The molecule has 1 aromatic carbocycles. The molecule has 18 heavy (non-hydrogen) atoms. The van der Waals surface area contributed by atoms with Gasteiger partial charge in [-0.25, -0.2) is 0 Å². The standard InChI is InChI=1S/C16H20N2/c1-3-13-5-7-14(8-6-13)10-16(17)15-9-4-12(2)18-11-15/h4-9,11,16H,3,10,17H2,1-2H3. The van der Waals surface area contributed by atoms with Crippen LogP contribution in [-0.4, -0.2) is 4.98 Å². The average molecular weight is 240 g/mol. The minimum atomic E-state index is 0.0191. The first-order valence-electron chi connectivity index (χ1n) is 6.45. The van der Waals surface area contributed by atoms with Gasteiger partial charge in [0.05, 0.1) is 0 Å². The van der Waals surface area contributed by atoms with Crippen molar-refractivity contribution in [2.75, 3.05) is 0 Å². The first-order chi connectivity index (χ1) is 8.69. The molecule has 0 aliphatic carbocycles. The average Bonchev–Trinajstić information content (AvgIpc) is 2.40. The number of nitrogens with zero attached hydrogens (tertiary/aromatic N) is 1. The fourth-order valence-electron chi connectivity index (χ4n) is 1.98. The van der Waals surface area contributed by atoms with Crippen LogP contribution in [0.4, 0.5) is 0 Å². The topological polar surface area (TPSA) is 38.9 Å². The van der Waals surface area contributed by atoms with Crippen LogP contribution >= 0.6 is 0 Å². The van der Waals surface area contributed by atoms with Crippen molar-refractivity contribution in [3.05, 3.63) is 65.0 Å². The van der Waals surface area contributed by atoms with E-state index in [0.717, 1.165) is 24.1 Å².